The van der Waals surface area contributed by atoms with Gasteiger partial charge in [0.1, 0.15) is 0 Å². The van der Waals surface area contributed by atoms with Crippen molar-refractivity contribution in [2.24, 2.45) is 0 Å². The second-order valence-corrected chi connectivity index (χ2v) is 3.31. The molecule has 1 N–H and O–H groups in total. The summed E-state index contributed by atoms with van der Waals surface area (Å²) in [5.74, 6) is -0.275. The van der Waals surface area contributed by atoms with Crippen molar-refractivity contribution in [3.8, 4) is 11.5 Å². The zero-order valence-corrected chi connectivity index (χ0v) is 9.38. The highest BCUT2D eigenvalue weighted by atomic mass is 35.5. The first-order chi connectivity index (χ1) is 7.02. The summed E-state index contributed by atoms with van der Waals surface area (Å²) in [4.78, 5) is 10.9. The van der Waals surface area contributed by atoms with E-state index < -0.39 is 5.97 Å². The van der Waals surface area contributed by atoms with Crippen molar-refractivity contribution in [2.75, 3.05) is 14.2 Å². The molecule has 0 saturated heterocycles. The molecule has 0 bridgehead atoms. The van der Waals surface area contributed by atoms with E-state index >= 15 is 0 Å². The average molecular weight is 231 g/mol. The van der Waals surface area contributed by atoms with E-state index in [4.69, 9.17) is 26.2 Å². The molecule has 15 heavy (non-hydrogen) atoms. The summed E-state index contributed by atoms with van der Waals surface area (Å²) >= 11 is 5.82. The number of halogens is 1. The molecule has 0 aromatic heterocycles. The van der Waals surface area contributed by atoms with Crippen molar-refractivity contribution in [3.63, 3.8) is 0 Å². The van der Waals surface area contributed by atoms with Gasteiger partial charge < -0.3 is 14.6 Å². The molecule has 5 heteroatoms. The van der Waals surface area contributed by atoms with Gasteiger partial charge in [0.15, 0.2) is 11.5 Å². The lowest BCUT2D eigenvalue weighted by Crippen LogP contribution is -2.04. The van der Waals surface area contributed by atoms with Crippen LogP contribution in [-0.2, 0) is 0 Å². The van der Waals surface area contributed by atoms with Crippen molar-refractivity contribution in [2.45, 2.75) is 6.92 Å². The molecule has 0 heterocycles. The Kier molecular flexibility index (Phi) is 3.42. The van der Waals surface area contributed by atoms with E-state index in [1.165, 1.54) is 20.3 Å². The van der Waals surface area contributed by atoms with Crippen LogP contribution in [0.4, 0.5) is 0 Å². The summed E-state index contributed by atoms with van der Waals surface area (Å²) in [6.07, 6.45) is 0. The van der Waals surface area contributed by atoms with Crippen LogP contribution in [0.3, 0.4) is 0 Å². The molecule has 0 aliphatic heterocycles. The van der Waals surface area contributed by atoms with E-state index in [1.54, 1.807) is 6.92 Å². The zero-order chi connectivity index (χ0) is 11.6. The van der Waals surface area contributed by atoms with Crippen LogP contribution in [0.1, 0.15) is 15.9 Å². The highest BCUT2D eigenvalue weighted by Crippen LogP contribution is 2.37. The number of aromatic carboxylic acids is 1. The number of hydrogen-bond acceptors (Lipinski definition) is 3. The van der Waals surface area contributed by atoms with Gasteiger partial charge in [0, 0.05) is 11.6 Å². The second kappa shape index (κ2) is 4.40. The van der Waals surface area contributed by atoms with Crippen molar-refractivity contribution < 1.29 is 19.4 Å². The van der Waals surface area contributed by atoms with Gasteiger partial charge in [-0.05, 0) is 6.92 Å². The van der Waals surface area contributed by atoms with Crippen LogP contribution in [0.2, 0.25) is 5.02 Å². The molecule has 0 atom stereocenters. The molecule has 4 nitrogen and oxygen atoms in total. The SMILES string of the molecule is COc1cc(Cl)c(C(=O)O)c(C)c1OC. The second-order valence-electron chi connectivity index (χ2n) is 2.90. The fourth-order valence-corrected chi connectivity index (χ4v) is 1.72. The number of carbonyl (C=O) groups is 1. The van der Waals surface area contributed by atoms with Crippen molar-refractivity contribution in [1.82, 2.24) is 0 Å². The van der Waals surface area contributed by atoms with E-state index in [0.29, 0.717) is 17.1 Å². The summed E-state index contributed by atoms with van der Waals surface area (Å²) < 4.78 is 10.1. The van der Waals surface area contributed by atoms with Crippen LogP contribution >= 0.6 is 11.6 Å². The molecular formula is C10H11ClO4. The number of ether oxygens (including phenoxy) is 2. The third-order valence-electron chi connectivity index (χ3n) is 2.07. The maximum atomic E-state index is 10.9. The minimum atomic E-state index is -1.08. The van der Waals surface area contributed by atoms with E-state index in [9.17, 15) is 4.79 Å². The minimum Gasteiger partial charge on any atom is -0.493 e. The Balaban J connectivity index is 3.51. The summed E-state index contributed by atoms with van der Waals surface area (Å²) in [5.41, 5.74) is 0.490. The molecular weight excluding hydrogens is 220 g/mol. The normalized spacial score (nSPS) is 9.87. The smallest absolute Gasteiger partial charge is 0.337 e. The maximum Gasteiger partial charge on any atom is 0.337 e. The lowest BCUT2D eigenvalue weighted by Gasteiger charge is -2.13. The van der Waals surface area contributed by atoms with Gasteiger partial charge >= 0.3 is 5.97 Å². The summed E-state index contributed by atoms with van der Waals surface area (Å²) in [6, 6.07) is 1.43. The number of carboxylic acid groups (broad SMARTS) is 1. The summed E-state index contributed by atoms with van der Waals surface area (Å²) in [6.45, 7) is 1.62. The number of methoxy groups -OCH3 is 2. The average Bonchev–Trinajstić information content (AvgIpc) is 2.16. The Morgan fingerprint density at radius 3 is 2.40 bits per heavy atom. The first-order valence-corrected chi connectivity index (χ1v) is 4.55. The van der Waals surface area contributed by atoms with Gasteiger partial charge in [-0.25, -0.2) is 4.79 Å². The summed E-state index contributed by atoms with van der Waals surface area (Å²) in [5, 5.41) is 9.09. The first-order valence-electron chi connectivity index (χ1n) is 4.17. The Labute approximate surface area is 92.4 Å². The molecule has 0 aliphatic carbocycles. The van der Waals surface area contributed by atoms with E-state index in [0.717, 1.165) is 0 Å². The van der Waals surface area contributed by atoms with Gasteiger partial charge in [-0.2, -0.15) is 0 Å². The number of rotatable bonds is 3. The van der Waals surface area contributed by atoms with E-state index in [1.807, 2.05) is 0 Å². The lowest BCUT2D eigenvalue weighted by atomic mass is 10.1. The van der Waals surface area contributed by atoms with Crippen LogP contribution in [-0.4, -0.2) is 25.3 Å². The standard InChI is InChI=1S/C10H11ClO4/c1-5-8(10(12)13)6(11)4-7(14-2)9(5)15-3/h4H,1-3H3,(H,12,13). The molecule has 82 valence electrons. The van der Waals surface area contributed by atoms with E-state index in [2.05, 4.69) is 0 Å². The predicted octanol–water partition coefficient (Wildman–Crippen LogP) is 2.36. The zero-order valence-electron chi connectivity index (χ0n) is 8.63. The molecule has 1 aromatic rings. The number of benzene rings is 1. The summed E-state index contributed by atoms with van der Waals surface area (Å²) in [7, 11) is 2.92. The molecule has 0 fully saturated rings. The molecule has 1 aromatic carbocycles. The van der Waals surface area contributed by atoms with Crippen LogP contribution in [0.15, 0.2) is 6.07 Å². The Morgan fingerprint density at radius 2 is 2.00 bits per heavy atom. The van der Waals surface area contributed by atoms with Gasteiger partial charge in [-0.3, -0.25) is 0 Å². The molecule has 0 aliphatic rings. The fraction of sp³-hybridized carbons (Fsp3) is 0.300. The predicted molar refractivity (Wildman–Crippen MR) is 56.3 cm³/mol. The van der Waals surface area contributed by atoms with Gasteiger partial charge in [0.05, 0.1) is 24.8 Å². The third kappa shape index (κ3) is 1.99. The number of hydrogen-bond donors (Lipinski definition) is 1. The molecule has 0 saturated carbocycles. The third-order valence-corrected chi connectivity index (χ3v) is 2.37. The Bertz CT molecular complexity index is 401. The van der Waals surface area contributed by atoms with Crippen molar-refractivity contribution >= 4 is 17.6 Å². The molecule has 1 rings (SSSR count). The Morgan fingerprint density at radius 1 is 1.40 bits per heavy atom. The Hall–Kier alpha value is -1.42. The van der Waals surface area contributed by atoms with Gasteiger partial charge in [-0.15, -0.1) is 0 Å². The quantitative estimate of drug-likeness (QED) is 0.866. The van der Waals surface area contributed by atoms with Crippen LogP contribution in [0.5, 0.6) is 11.5 Å². The molecule has 0 unspecified atom stereocenters. The van der Waals surface area contributed by atoms with Crippen LogP contribution < -0.4 is 9.47 Å². The van der Waals surface area contributed by atoms with Crippen molar-refractivity contribution in [3.05, 3.63) is 22.2 Å². The monoisotopic (exact) mass is 230 g/mol. The highest BCUT2D eigenvalue weighted by molar-refractivity contribution is 6.34. The van der Waals surface area contributed by atoms with Gasteiger partial charge in [0.2, 0.25) is 0 Å². The van der Waals surface area contributed by atoms with Crippen molar-refractivity contribution in [1.29, 1.82) is 0 Å². The topological polar surface area (TPSA) is 55.8 Å². The van der Waals surface area contributed by atoms with Gasteiger partial charge in [-0.1, -0.05) is 11.6 Å². The number of carboxylic acids is 1. The largest absolute Gasteiger partial charge is 0.493 e. The maximum absolute atomic E-state index is 10.9. The first kappa shape index (κ1) is 11.7. The molecule has 0 amide bonds. The van der Waals surface area contributed by atoms with E-state index in [-0.39, 0.29) is 10.6 Å². The van der Waals surface area contributed by atoms with Gasteiger partial charge in [0.25, 0.3) is 0 Å². The molecule has 0 spiro atoms. The molecule has 0 radical (unpaired) electrons. The highest BCUT2D eigenvalue weighted by Gasteiger charge is 2.19. The van der Waals surface area contributed by atoms with Crippen LogP contribution in [0, 0.1) is 6.92 Å². The lowest BCUT2D eigenvalue weighted by molar-refractivity contribution is 0.0696. The fourth-order valence-electron chi connectivity index (χ4n) is 1.40. The minimum absolute atomic E-state index is 0.0364. The van der Waals surface area contributed by atoms with Crippen LogP contribution in [0.25, 0.3) is 0 Å².